The molecule has 1 nitrogen and oxygen atoms in total. The zero-order chi connectivity index (χ0) is 12.5. The molecule has 1 aliphatic rings. The van der Waals surface area contributed by atoms with Gasteiger partial charge in [-0.15, -0.1) is 0 Å². The van der Waals surface area contributed by atoms with Crippen molar-refractivity contribution in [3.05, 3.63) is 12.2 Å². The molecule has 0 aromatic heterocycles. The number of carbonyl (C=O) groups excluding carboxylic acids is 1. The molecule has 0 bridgehead atoms. The third kappa shape index (κ3) is 6.65. The Labute approximate surface area is 107 Å². The van der Waals surface area contributed by atoms with Gasteiger partial charge in [0.1, 0.15) is 0 Å². The molecule has 1 fully saturated rings. The molecule has 1 saturated carbocycles. The van der Waals surface area contributed by atoms with Crippen LogP contribution in [0.1, 0.15) is 71.6 Å². The van der Waals surface area contributed by atoms with Gasteiger partial charge < -0.3 is 0 Å². The highest BCUT2D eigenvalue weighted by atomic mass is 16.1. The molecular weight excluding hydrogens is 208 g/mol. The first-order valence-electron chi connectivity index (χ1n) is 7.41. The predicted molar refractivity (Wildman–Crippen MR) is 74.0 cm³/mol. The van der Waals surface area contributed by atoms with Crippen LogP contribution in [-0.4, -0.2) is 5.78 Å². The fourth-order valence-corrected chi connectivity index (χ4v) is 2.80. The summed E-state index contributed by atoms with van der Waals surface area (Å²) in [7, 11) is 0. The molecule has 1 aliphatic carbocycles. The molecule has 1 heteroatoms. The predicted octanol–water partition coefficient (Wildman–Crippen LogP) is 4.91. The molecule has 0 unspecified atom stereocenters. The summed E-state index contributed by atoms with van der Waals surface area (Å²) in [6.07, 6.45) is 16.2. The lowest BCUT2D eigenvalue weighted by Crippen LogP contribution is -2.13. The van der Waals surface area contributed by atoms with Crippen LogP contribution >= 0.6 is 0 Å². The topological polar surface area (TPSA) is 17.1 Å². The van der Waals surface area contributed by atoms with Gasteiger partial charge in [-0.2, -0.15) is 0 Å². The number of rotatable bonds is 7. The van der Waals surface area contributed by atoms with Crippen LogP contribution in [0.5, 0.6) is 0 Å². The van der Waals surface area contributed by atoms with E-state index in [-0.39, 0.29) is 5.78 Å². The van der Waals surface area contributed by atoms with Crippen molar-refractivity contribution < 1.29 is 4.79 Å². The van der Waals surface area contributed by atoms with E-state index in [1.165, 1.54) is 57.8 Å². The van der Waals surface area contributed by atoms with E-state index in [9.17, 15) is 4.79 Å². The molecule has 1 rings (SSSR count). The van der Waals surface area contributed by atoms with E-state index >= 15 is 0 Å². The fraction of sp³-hybridized carbons (Fsp3) is 0.812. The second-order valence-electron chi connectivity index (χ2n) is 5.60. The number of ketones is 1. The SMILES string of the molecule is CCCCCCC1CCC(/C=C/C(C)=O)CC1. The minimum atomic E-state index is 0.187. The molecule has 0 atom stereocenters. The first kappa shape index (κ1) is 14.5. The molecule has 0 aromatic carbocycles. The average Bonchev–Trinajstić information content (AvgIpc) is 2.33. The molecule has 17 heavy (non-hydrogen) atoms. The molecular formula is C16H28O. The minimum absolute atomic E-state index is 0.187. The Hall–Kier alpha value is -0.590. The van der Waals surface area contributed by atoms with Crippen molar-refractivity contribution in [2.75, 3.05) is 0 Å². The van der Waals surface area contributed by atoms with E-state index in [4.69, 9.17) is 0 Å². The van der Waals surface area contributed by atoms with Gasteiger partial charge in [0, 0.05) is 0 Å². The van der Waals surface area contributed by atoms with Gasteiger partial charge in [-0.25, -0.2) is 0 Å². The van der Waals surface area contributed by atoms with Crippen molar-refractivity contribution >= 4 is 5.78 Å². The van der Waals surface area contributed by atoms with Crippen LogP contribution in [0.3, 0.4) is 0 Å². The van der Waals surface area contributed by atoms with Gasteiger partial charge in [-0.3, -0.25) is 4.79 Å². The molecule has 0 heterocycles. The largest absolute Gasteiger partial charge is 0.295 e. The fourth-order valence-electron chi connectivity index (χ4n) is 2.80. The summed E-state index contributed by atoms with van der Waals surface area (Å²) >= 11 is 0. The molecule has 0 amide bonds. The highest BCUT2D eigenvalue weighted by molar-refractivity contribution is 5.87. The van der Waals surface area contributed by atoms with Crippen molar-refractivity contribution in [1.82, 2.24) is 0 Å². The maximum Gasteiger partial charge on any atom is 0.152 e. The van der Waals surface area contributed by atoms with Crippen LogP contribution in [0.4, 0.5) is 0 Å². The maximum absolute atomic E-state index is 10.9. The number of hydrogen-bond donors (Lipinski definition) is 0. The van der Waals surface area contributed by atoms with Crippen molar-refractivity contribution in [2.24, 2.45) is 11.8 Å². The lowest BCUT2D eigenvalue weighted by Gasteiger charge is -2.26. The lowest BCUT2D eigenvalue weighted by molar-refractivity contribution is -0.112. The van der Waals surface area contributed by atoms with Crippen molar-refractivity contribution in [3.63, 3.8) is 0 Å². The third-order valence-corrected chi connectivity index (χ3v) is 3.96. The van der Waals surface area contributed by atoms with Gasteiger partial charge in [0.05, 0.1) is 0 Å². The molecule has 0 saturated heterocycles. The van der Waals surface area contributed by atoms with Crippen LogP contribution in [-0.2, 0) is 4.79 Å². The van der Waals surface area contributed by atoms with Crippen LogP contribution in [0, 0.1) is 11.8 Å². The first-order valence-corrected chi connectivity index (χ1v) is 7.41. The second-order valence-corrected chi connectivity index (χ2v) is 5.60. The van der Waals surface area contributed by atoms with E-state index in [2.05, 4.69) is 13.0 Å². The van der Waals surface area contributed by atoms with E-state index in [1.807, 2.05) is 0 Å². The molecule has 0 spiro atoms. The number of allylic oxidation sites excluding steroid dienone is 2. The Balaban J connectivity index is 2.11. The summed E-state index contributed by atoms with van der Waals surface area (Å²) in [4.78, 5) is 10.9. The molecule has 0 radical (unpaired) electrons. The molecule has 0 N–H and O–H groups in total. The first-order chi connectivity index (χ1) is 8.22. The van der Waals surface area contributed by atoms with Gasteiger partial charge in [0.2, 0.25) is 0 Å². The van der Waals surface area contributed by atoms with Crippen LogP contribution in [0.15, 0.2) is 12.2 Å². The monoisotopic (exact) mass is 236 g/mol. The summed E-state index contributed by atoms with van der Waals surface area (Å²) in [5, 5.41) is 0. The Kier molecular flexibility index (Phi) is 7.23. The van der Waals surface area contributed by atoms with Gasteiger partial charge in [-0.05, 0) is 50.5 Å². The quantitative estimate of drug-likeness (QED) is 0.453. The maximum atomic E-state index is 10.9. The average molecular weight is 236 g/mol. The number of carbonyl (C=O) groups is 1. The Morgan fingerprint density at radius 1 is 1.12 bits per heavy atom. The van der Waals surface area contributed by atoms with Gasteiger partial charge >= 0.3 is 0 Å². The molecule has 0 aliphatic heterocycles. The smallest absolute Gasteiger partial charge is 0.152 e. The van der Waals surface area contributed by atoms with Crippen molar-refractivity contribution in [1.29, 1.82) is 0 Å². The molecule has 0 aromatic rings. The van der Waals surface area contributed by atoms with Gasteiger partial charge in [-0.1, -0.05) is 45.1 Å². The minimum Gasteiger partial charge on any atom is -0.295 e. The number of unbranched alkanes of at least 4 members (excludes halogenated alkanes) is 3. The zero-order valence-corrected chi connectivity index (χ0v) is 11.6. The highest BCUT2D eigenvalue weighted by Gasteiger charge is 2.18. The standard InChI is InChI=1S/C16H28O/c1-3-4-5-6-7-15-10-12-16(13-11-15)9-8-14(2)17/h8-9,15-16H,3-7,10-13H2,1-2H3/b9-8+. The summed E-state index contributed by atoms with van der Waals surface area (Å²) in [5.41, 5.74) is 0. The van der Waals surface area contributed by atoms with Crippen molar-refractivity contribution in [3.8, 4) is 0 Å². The van der Waals surface area contributed by atoms with Gasteiger partial charge in [0.25, 0.3) is 0 Å². The van der Waals surface area contributed by atoms with Gasteiger partial charge in [0.15, 0.2) is 5.78 Å². The van der Waals surface area contributed by atoms with Crippen LogP contribution in [0.2, 0.25) is 0 Å². The lowest BCUT2D eigenvalue weighted by atomic mass is 9.79. The Bertz CT molecular complexity index is 234. The summed E-state index contributed by atoms with van der Waals surface area (Å²) in [6, 6.07) is 0. The summed E-state index contributed by atoms with van der Waals surface area (Å²) in [5.74, 6) is 1.83. The highest BCUT2D eigenvalue weighted by Crippen LogP contribution is 2.32. The Morgan fingerprint density at radius 3 is 2.41 bits per heavy atom. The van der Waals surface area contributed by atoms with E-state index in [0.717, 1.165) is 5.92 Å². The Morgan fingerprint density at radius 2 is 1.82 bits per heavy atom. The molecule has 98 valence electrons. The summed E-state index contributed by atoms with van der Waals surface area (Å²) < 4.78 is 0. The van der Waals surface area contributed by atoms with Crippen molar-refractivity contribution in [2.45, 2.75) is 71.6 Å². The normalized spacial score (nSPS) is 25.3. The summed E-state index contributed by atoms with van der Waals surface area (Å²) in [6.45, 7) is 3.91. The zero-order valence-electron chi connectivity index (χ0n) is 11.6. The van der Waals surface area contributed by atoms with Crippen LogP contribution < -0.4 is 0 Å². The van der Waals surface area contributed by atoms with Crippen LogP contribution in [0.25, 0.3) is 0 Å². The number of hydrogen-bond acceptors (Lipinski definition) is 1. The van der Waals surface area contributed by atoms with E-state index in [0.29, 0.717) is 5.92 Å². The second kappa shape index (κ2) is 8.49. The third-order valence-electron chi connectivity index (χ3n) is 3.96. The van der Waals surface area contributed by atoms with E-state index < -0.39 is 0 Å². The van der Waals surface area contributed by atoms with E-state index in [1.54, 1.807) is 13.0 Å².